The molecule has 2 heterocycles. The molecule has 0 aliphatic heterocycles. The van der Waals surface area contributed by atoms with Crippen molar-refractivity contribution in [3.8, 4) is 17.0 Å². The molecule has 1 atom stereocenters. The normalized spacial score (nSPS) is 12.4. The third kappa shape index (κ3) is 3.98. The molecule has 0 bridgehead atoms. The summed E-state index contributed by atoms with van der Waals surface area (Å²) in [5.41, 5.74) is 3.11. The lowest BCUT2D eigenvalue weighted by Gasteiger charge is -2.23. The van der Waals surface area contributed by atoms with Gasteiger partial charge in [0.15, 0.2) is 5.76 Å². The minimum atomic E-state index is 0.200. The van der Waals surface area contributed by atoms with Crippen molar-refractivity contribution < 1.29 is 4.42 Å². The summed E-state index contributed by atoms with van der Waals surface area (Å²) in [6.07, 6.45) is 4.95. The summed E-state index contributed by atoms with van der Waals surface area (Å²) >= 11 is 6.06. The Balaban J connectivity index is 1.44. The van der Waals surface area contributed by atoms with E-state index in [-0.39, 0.29) is 6.04 Å². The molecule has 0 saturated heterocycles. The van der Waals surface area contributed by atoms with Crippen LogP contribution in [-0.4, -0.2) is 31.7 Å². The first kappa shape index (κ1) is 18.4. The number of nitrogens with zero attached hydrogens (tertiary/aromatic N) is 5. The molecule has 0 saturated carbocycles. The molecule has 4 aromatic rings. The number of rotatable bonds is 6. The van der Waals surface area contributed by atoms with E-state index < -0.39 is 0 Å². The lowest BCUT2D eigenvalue weighted by atomic mass is 10.1. The number of hydrogen-bond acceptors (Lipinski definition) is 5. The zero-order valence-electron chi connectivity index (χ0n) is 15.7. The molecular weight excluding hydrogens is 374 g/mol. The van der Waals surface area contributed by atoms with E-state index in [1.165, 1.54) is 11.9 Å². The summed E-state index contributed by atoms with van der Waals surface area (Å²) in [5, 5.41) is 4.83. The Labute approximate surface area is 168 Å². The molecule has 0 fully saturated rings. The molecule has 2 aromatic heterocycles. The van der Waals surface area contributed by atoms with Gasteiger partial charge in [0.25, 0.3) is 0 Å². The van der Waals surface area contributed by atoms with Gasteiger partial charge in [-0.25, -0.2) is 14.6 Å². The SMILES string of the molecule is CC(c1ccc(-n2cncn2)cc1)N(C)Cc1ncc(-c2cccc(Cl)c2)o1. The molecule has 6 nitrogen and oxygen atoms in total. The lowest BCUT2D eigenvalue weighted by Crippen LogP contribution is -2.22. The van der Waals surface area contributed by atoms with Gasteiger partial charge in [-0.1, -0.05) is 35.9 Å². The molecule has 1 unspecified atom stereocenters. The van der Waals surface area contributed by atoms with E-state index >= 15 is 0 Å². The van der Waals surface area contributed by atoms with Crippen molar-refractivity contribution in [3.05, 3.63) is 83.9 Å². The van der Waals surface area contributed by atoms with Crippen LogP contribution in [-0.2, 0) is 6.54 Å². The van der Waals surface area contributed by atoms with Gasteiger partial charge in [-0.2, -0.15) is 5.10 Å². The van der Waals surface area contributed by atoms with Crippen molar-refractivity contribution in [1.82, 2.24) is 24.6 Å². The van der Waals surface area contributed by atoms with E-state index in [0.29, 0.717) is 17.5 Å². The van der Waals surface area contributed by atoms with Crippen LogP contribution in [0, 0.1) is 0 Å². The van der Waals surface area contributed by atoms with Crippen molar-refractivity contribution in [1.29, 1.82) is 0 Å². The fraction of sp³-hybridized carbons (Fsp3) is 0.190. The largest absolute Gasteiger partial charge is 0.439 e. The fourth-order valence-electron chi connectivity index (χ4n) is 3.01. The third-order valence-electron chi connectivity index (χ3n) is 4.77. The molecule has 7 heteroatoms. The first-order valence-electron chi connectivity index (χ1n) is 8.96. The molecular formula is C21H20ClN5O. The maximum absolute atomic E-state index is 6.06. The number of benzene rings is 2. The summed E-state index contributed by atoms with van der Waals surface area (Å²) < 4.78 is 7.66. The number of oxazole rings is 1. The monoisotopic (exact) mass is 393 g/mol. The van der Waals surface area contributed by atoms with Gasteiger partial charge in [0, 0.05) is 16.6 Å². The molecule has 0 aliphatic carbocycles. The van der Waals surface area contributed by atoms with E-state index in [4.69, 9.17) is 16.0 Å². The van der Waals surface area contributed by atoms with Gasteiger partial charge >= 0.3 is 0 Å². The fourth-order valence-corrected chi connectivity index (χ4v) is 3.20. The number of halogens is 1. The maximum atomic E-state index is 6.06. The highest BCUT2D eigenvalue weighted by atomic mass is 35.5. The van der Waals surface area contributed by atoms with E-state index in [9.17, 15) is 0 Å². The van der Waals surface area contributed by atoms with Crippen LogP contribution in [0.25, 0.3) is 17.0 Å². The molecule has 4 rings (SSSR count). The molecule has 2 aromatic carbocycles. The topological polar surface area (TPSA) is 60.0 Å². The van der Waals surface area contributed by atoms with Gasteiger partial charge in [0.1, 0.15) is 12.7 Å². The van der Waals surface area contributed by atoms with Crippen molar-refractivity contribution >= 4 is 11.6 Å². The summed E-state index contributed by atoms with van der Waals surface area (Å²) in [7, 11) is 2.05. The second-order valence-electron chi connectivity index (χ2n) is 6.65. The Morgan fingerprint density at radius 2 is 2.00 bits per heavy atom. The van der Waals surface area contributed by atoms with Gasteiger partial charge < -0.3 is 4.42 Å². The predicted octanol–water partition coefficient (Wildman–Crippen LogP) is 4.77. The highest BCUT2D eigenvalue weighted by molar-refractivity contribution is 6.30. The van der Waals surface area contributed by atoms with E-state index in [2.05, 4.69) is 46.1 Å². The number of hydrogen-bond donors (Lipinski definition) is 0. The molecule has 28 heavy (non-hydrogen) atoms. The predicted molar refractivity (Wildman–Crippen MR) is 108 cm³/mol. The molecule has 0 amide bonds. The van der Waals surface area contributed by atoms with Crippen LogP contribution in [0.3, 0.4) is 0 Å². The smallest absolute Gasteiger partial charge is 0.209 e. The first-order chi connectivity index (χ1) is 13.6. The standard InChI is InChI=1S/C21H20ClN5O/c1-15(16-6-8-19(9-7-16)27-14-23-13-25-27)26(2)12-21-24-11-20(28-21)17-4-3-5-18(22)10-17/h3-11,13-15H,12H2,1-2H3. The Hall–Kier alpha value is -2.96. The second-order valence-corrected chi connectivity index (χ2v) is 7.09. The van der Waals surface area contributed by atoms with Gasteiger partial charge in [0.05, 0.1) is 18.4 Å². The minimum Gasteiger partial charge on any atom is -0.439 e. The summed E-state index contributed by atoms with van der Waals surface area (Å²) in [5.74, 6) is 1.39. The summed E-state index contributed by atoms with van der Waals surface area (Å²) in [6.45, 7) is 2.76. The van der Waals surface area contributed by atoms with Gasteiger partial charge in [0.2, 0.25) is 5.89 Å². The van der Waals surface area contributed by atoms with E-state index in [1.54, 1.807) is 17.2 Å². The molecule has 0 N–H and O–H groups in total. The van der Waals surface area contributed by atoms with Crippen molar-refractivity contribution in [2.45, 2.75) is 19.5 Å². The quantitative estimate of drug-likeness (QED) is 0.472. The van der Waals surface area contributed by atoms with Crippen molar-refractivity contribution in [2.75, 3.05) is 7.05 Å². The van der Waals surface area contributed by atoms with Crippen LogP contribution in [0.4, 0.5) is 0 Å². The lowest BCUT2D eigenvalue weighted by molar-refractivity contribution is 0.229. The van der Waals surface area contributed by atoms with Crippen LogP contribution in [0.2, 0.25) is 5.02 Å². The average Bonchev–Trinajstić information content (AvgIpc) is 3.40. The highest BCUT2D eigenvalue weighted by Gasteiger charge is 2.15. The third-order valence-corrected chi connectivity index (χ3v) is 5.00. The Kier molecular flexibility index (Phi) is 5.23. The van der Waals surface area contributed by atoms with Crippen LogP contribution in [0.15, 0.2) is 71.8 Å². The summed E-state index contributed by atoms with van der Waals surface area (Å²) in [4.78, 5) is 10.6. The van der Waals surface area contributed by atoms with Crippen molar-refractivity contribution in [3.63, 3.8) is 0 Å². The Morgan fingerprint density at radius 1 is 1.18 bits per heavy atom. The van der Waals surface area contributed by atoms with Crippen LogP contribution in [0.1, 0.15) is 24.4 Å². The molecule has 142 valence electrons. The van der Waals surface area contributed by atoms with Crippen LogP contribution >= 0.6 is 11.6 Å². The number of aromatic nitrogens is 4. The minimum absolute atomic E-state index is 0.200. The zero-order valence-corrected chi connectivity index (χ0v) is 16.4. The Morgan fingerprint density at radius 3 is 2.71 bits per heavy atom. The second kappa shape index (κ2) is 7.96. The summed E-state index contributed by atoms with van der Waals surface area (Å²) in [6, 6.07) is 16.0. The van der Waals surface area contributed by atoms with Gasteiger partial charge in [-0.3, -0.25) is 4.90 Å². The Bertz CT molecular complexity index is 1040. The van der Waals surface area contributed by atoms with E-state index in [0.717, 1.165) is 17.0 Å². The first-order valence-corrected chi connectivity index (χ1v) is 9.34. The van der Waals surface area contributed by atoms with Crippen LogP contribution < -0.4 is 0 Å². The van der Waals surface area contributed by atoms with E-state index in [1.807, 2.05) is 36.4 Å². The van der Waals surface area contributed by atoms with Crippen LogP contribution in [0.5, 0.6) is 0 Å². The van der Waals surface area contributed by atoms with Gasteiger partial charge in [-0.05, 0) is 43.8 Å². The average molecular weight is 394 g/mol. The van der Waals surface area contributed by atoms with Crippen molar-refractivity contribution in [2.24, 2.45) is 0 Å². The molecule has 0 radical (unpaired) electrons. The highest BCUT2D eigenvalue weighted by Crippen LogP contribution is 2.26. The maximum Gasteiger partial charge on any atom is 0.209 e. The molecule has 0 spiro atoms. The molecule has 0 aliphatic rings. The van der Waals surface area contributed by atoms with Gasteiger partial charge in [-0.15, -0.1) is 0 Å². The zero-order chi connectivity index (χ0) is 19.5.